The first kappa shape index (κ1) is 22.5. The lowest BCUT2D eigenvalue weighted by Crippen LogP contribution is -2.32. The van der Waals surface area contributed by atoms with Crippen LogP contribution >= 0.6 is 11.6 Å². The second-order valence-electron chi connectivity index (χ2n) is 7.51. The lowest BCUT2D eigenvalue weighted by Gasteiger charge is -2.25. The Hall–Kier alpha value is -3.23. The van der Waals surface area contributed by atoms with Crippen molar-refractivity contribution in [3.63, 3.8) is 0 Å². The van der Waals surface area contributed by atoms with Crippen molar-refractivity contribution in [3.05, 3.63) is 80.4 Å². The summed E-state index contributed by atoms with van der Waals surface area (Å²) in [7, 11) is 3.79. The van der Waals surface area contributed by atoms with Crippen molar-refractivity contribution < 1.29 is 19.6 Å². The van der Waals surface area contributed by atoms with Crippen LogP contribution in [-0.2, 0) is 9.59 Å². The molecule has 0 bridgehead atoms. The first-order chi connectivity index (χ1) is 14.7. The Morgan fingerprint density at radius 3 is 2.48 bits per heavy atom. The van der Waals surface area contributed by atoms with Gasteiger partial charge in [-0.25, -0.2) is 0 Å². The fourth-order valence-electron chi connectivity index (χ4n) is 3.59. The Morgan fingerprint density at radius 1 is 1.19 bits per heavy atom. The molecular formula is C22H22ClN3O5. The van der Waals surface area contributed by atoms with Gasteiger partial charge in [0.15, 0.2) is 0 Å². The minimum Gasteiger partial charge on any atom is -0.507 e. The van der Waals surface area contributed by atoms with E-state index in [2.05, 4.69) is 0 Å². The number of aliphatic hydroxyl groups excluding tert-OH is 1. The van der Waals surface area contributed by atoms with Gasteiger partial charge in [0, 0.05) is 29.3 Å². The zero-order valence-corrected chi connectivity index (χ0v) is 17.9. The Morgan fingerprint density at radius 2 is 1.87 bits per heavy atom. The quantitative estimate of drug-likeness (QED) is 0.230. The third kappa shape index (κ3) is 4.76. The number of hydrogen-bond donors (Lipinski definition) is 1. The molecule has 1 heterocycles. The Balaban J connectivity index is 2.13. The monoisotopic (exact) mass is 443 g/mol. The molecule has 3 rings (SSSR count). The minimum atomic E-state index is -0.933. The maximum atomic E-state index is 12.9. The number of carbonyl (C=O) groups excluding carboxylic acids is 2. The van der Waals surface area contributed by atoms with Gasteiger partial charge in [-0.3, -0.25) is 19.7 Å². The molecule has 1 N–H and O–H groups in total. The number of halogens is 1. The summed E-state index contributed by atoms with van der Waals surface area (Å²) in [6.45, 7) is 0.940. The Bertz CT molecular complexity index is 1050. The molecule has 1 amide bonds. The molecule has 162 valence electrons. The van der Waals surface area contributed by atoms with E-state index >= 15 is 0 Å². The molecule has 1 atom stereocenters. The number of amides is 1. The molecule has 1 aliphatic heterocycles. The third-order valence-electron chi connectivity index (χ3n) is 5.06. The summed E-state index contributed by atoms with van der Waals surface area (Å²) in [6.07, 6.45) is 0.590. The van der Waals surface area contributed by atoms with E-state index in [1.54, 1.807) is 30.3 Å². The van der Waals surface area contributed by atoms with Crippen molar-refractivity contribution in [2.45, 2.75) is 12.5 Å². The normalized spacial score (nSPS) is 18.1. The van der Waals surface area contributed by atoms with Gasteiger partial charge in [-0.05, 0) is 56.9 Å². The van der Waals surface area contributed by atoms with Crippen molar-refractivity contribution in [3.8, 4) is 0 Å². The van der Waals surface area contributed by atoms with Crippen LogP contribution in [0.1, 0.15) is 23.6 Å². The fourth-order valence-corrected chi connectivity index (χ4v) is 3.71. The van der Waals surface area contributed by atoms with E-state index in [1.807, 2.05) is 19.0 Å². The summed E-state index contributed by atoms with van der Waals surface area (Å²) in [4.78, 5) is 39.8. The van der Waals surface area contributed by atoms with Crippen molar-refractivity contribution in [1.29, 1.82) is 0 Å². The minimum absolute atomic E-state index is 0.0994. The molecule has 0 aliphatic carbocycles. The molecule has 2 aromatic rings. The predicted molar refractivity (Wildman–Crippen MR) is 117 cm³/mol. The summed E-state index contributed by atoms with van der Waals surface area (Å²) in [6, 6.07) is 11.0. The van der Waals surface area contributed by atoms with Crippen LogP contribution in [0.15, 0.2) is 54.1 Å². The van der Waals surface area contributed by atoms with Gasteiger partial charge in [0.1, 0.15) is 5.76 Å². The van der Waals surface area contributed by atoms with Crippen LogP contribution in [0.2, 0.25) is 5.02 Å². The fraction of sp³-hybridized carbons (Fsp3) is 0.273. The van der Waals surface area contributed by atoms with Gasteiger partial charge in [0.2, 0.25) is 0 Å². The molecule has 1 unspecified atom stereocenters. The number of likely N-dealkylation sites (tertiary alicyclic amines) is 1. The van der Waals surface area contributed by atoms with E-state index in [9.17, 15) is 24.8 Å². The zero-order valence-electron chi connectivity index (χ0n) is 17.1. The van der Waals surface area contributed by atoms with E-state index in [4.69, 9.17) is 11.6 Å². The standard InChI is InChI=1S/C22H22ClN3O5/c1-24(2)11-4-12-25-19(15-5-3-6-17(13-15)26(30)31)18(21(28)22(25)29)20(27)14-7-9-16(23)10-8-14/h3,5-10,13,19,27H,4,11-12H2,1-2H3/b20-18-. The van der Waals surface area contributed by atoms with E-state index in [0.29, 0.717) is 29.1 Å². The van der Waals surface area contributed by atoms with Crippen LogP contribution in [0.5, 0.6) is 0 Å². The average molecular weight is 444 g/mol. The number of aliphatic hydroxyl groups is 1. The molecule has 1 aliphatic rings. The largest absolute Gasteiger partial charge is 0.507 e. The van der Waals surface area contributed by atoms with E-state index in [-0.39, 0.29) is 23.6 Å². The number of rotatable bonds is 7. The molecule has 8 nitrogen and oxygen atoms in total. The van der Waals surface area contributed by atoms with Crippen molar-refractivity contribution >= 4 is 34.7 Å². The number of nitrogens with zero attached hydrogens (tertiary/aromatic N) is 3. The summed E-state index contributed by atoms with van der Waals surface area (Å²) in [5, 5.41) is 22.7. The molecule has 0 spiro atoms. The molecule has 0 aromatic heterocycles. The number of hydrogen-bond acceptors (Lipinski definition) is 6. The summed E-state index contributed by atoms with van der Waals surface area (Å²) in [5.41, 5.74) is 0.445. The first-order valence-corrected chi connectivity index (χ1v) is 10.0. The molecule has 9 heteroatoms. The Labute approximate surface area is 184 Å². The van der Waals surface area contributed by atoms with Crippen LogP contribution in [0.4, 0.5) is 5.69 Å². The van der Waals surface area contributed by atoms with Crippen LogP contribution in [0.3, 0.4) is 0 Å². The zero-order chi connectivity index (χ0) is 22.7. The highest BCUT2D eigenvalue weighted by molar-refractivity contribution is 6.46. The van der Waals surface area contributed by atoms with Gasteiger partial charge in [0.25, 0.3) is 17.4 Å². The highest BCUT2D eigenvalue weighted by Gasteiger charge is 2.46. The number of nitro benzene ring substituents is 1. The van der Waals surface area contributed by atoms with Crippen molar-refractivity contribution in [2.24, 2.45) is 0 Å². The maximum Gasteiger partial charge on any atom is 0.295 e. The highest BCUT2D eigenvalue weighted by atomic mass is 35.5. The lowest BCUT2D eigenvalue weighted by molar-refractivity contribution is -0.384. The number of ketones is 1. The number of Topliss-reactive ketones (excluding diaryl/α,β-unsaturated/α-hetero) is 1. The van der Waals surface area contributed by atoms with Gasteiger partial charge in [0.05, 0.1) is 16.5 Å². The first-order valence-electron chi connectivity index (χ1n) is 9.64. The van der Waals surface area contributed by atoms with Crippen molar-refractivity contribution in [2.75, 3.05) is 27.2 Å². The van der Waals surface area contributed by atoms with Crippen LogP contribution in [-0.4, -0.2) is 58.7 Å². The molecule has 31 heavy (non-hydrogen) atoms. The predicted octanol–water partition coefficient (Wildman–Crippen LogP) is 3.62. The maximum absolute atomic E-state index is 12.9. The number of non-ortho nitro benzene ring substituents is 1. The number of benzene rings is 2. The summed E-state index contributed by atoms with van der Waals surface area (Å²) >= 11 is 5.91. The van der Waals surface area contributed by atoms with Crippen molar-refractivity contribution in [1.82, 2.24) is 9.80 Å². The van der Waals surface area contributed by atoms with Crippen LogP contribution in [0.25, 0.3) is 5.76 Å². The second kappa shape index (κ2) is 9.28. The summed E-state index contributed by atoms with van der Waals surface area (Å²) < 4.78 is 0. The molecule has 0 saturated carbocycles. The number of carbonyl (C=O) groups is 2. The van der Waals surface area contributed by atoms with E-state index < -0.39 is 22.7 Å². The second-order valence-corrected chi connectivity index (χ2v) is 7.94. The molecule has 1 fully saturated rings. The Kier molecular flexibility index (Phi) is 6.72. The average Bonchev–Trinajstić information content (AvgIpc) is 2.98. The van der Waals surface area contributed by atoms with E-state index in [1.165, 1.54) is 23.1 Å². The SMILES string of the molecule is CN(C)CCCN1C(=O)C(=O)/C(=C(\O)c2ccc(Cl)cc2)C1c1cccc([N+](=O)[O-])c1. The highest BCUT2D eigenvalue weighted by Crippen LogP contribution is 2.40. The molecule has 1 saturated heterocycles. The molecule has 2 aromatic carbocycles. The van der Waals surface area contributed by atoms with Gasteiger partial charge in [-0.15, -0.1) is 0 Å². The topological polar surface area (TPSA) is 104 Å². The van der Waals surface area contributed by atoms with Crippen LogP contribution < -0.4 is 0 Å². The third-order valence-corrected chi connectivity index (χ3v) is 5.31. The van der Waals surface area contributed by atoms with Gasteiger partial charge in [-0.2, -0.15) is 0 Å². The van der Waals surface area contributed by atoms with E-state index in [0.717, 1.165) is 0 Å². The molecular weight excluding hydrogens is 422 g/mol. The van der Waals surface area contributed by atoms with Crippen LogP contribution in [0, 0.1) is 10.1 Å². The van der Waals surface area contributed by atoms with Gasteiger partial charge in [-0.1, -0.05) is 23.7 Å². The number of nitro groups is 1. The van der Waals surface area contributed by atoms with Gasteiger partial charge < -0.3 is 14.9 Å². The molecule has 0 radical (unpaired) electrons. The summed E-state index contributed by atoms with van der Waals surface area (Å²) in [5.74, 6) is -1.92. The lowest BCUT2D eigenvalue weighted by atomic mass is 9.95. The smallest absolute Gasteiger partial charge is 0.295 e. The van der Waals surface area contributed by atoms with Gasteiger partial charge >= 0.3 is 0 Å².